The maximum absolute atomic E-state index is 5.87. The largest absolute Gasteiger partial charge is 0.457 e. The van der Waals surface area contributed by atoms with E-state index in [1.807, 2.05) is 12.1 Å². The summed E-state index contributed by atoms with van der Waals surface area (Å²) in [7, 11) is 0. The molecule has 0 spiro atoms. The second kappa shape index (κ2) is 4.75. The average molecular weight is 298 g/mol. The van der Waals surface area contributed by atoms with Gasteiger partial charge in [0.2, 0.25) is 6.79 Å². The predicted octanol–water partition coefficient (Wildman–Crippen LogP) is 5.39. The first-order valence-electron chi connectivity index (χ1n) is 7.71. The first kappa shape index (κ1) is 12.5. The lowest BCUT2D eigenvalue weighted by Gasteiger charge is -2.13. The monoisotopic (exact) mass is 298 g/mol. The first-order chi connectivity index (χ1) is 11.4. The Kier molecular flexibility index (Phi) is 2.59. The van der Waals surface area contributed by atoms with Crippen LogP contribution >= 0.6 is 0 Å². The van der Waals surface area contributed by atoms with Crippen molar-refractivity contribution < 1.29 is 9.47 Å². The molecule has 2 nitrogen and oxygen atoms in total. The Morgan fingerprint density at radius 2 is 1.00 bits per heavy atom. The summed E-state index contributed by atoms with van der Waals surface area (Å²) >= 11 is 0. The Balaban J connectivity index is 2.01. The molecule has 2 heteroatoms. The van der Waals surface area contributed by atoms with Crippen LogP contribution in [0.1, 0.15) is 0 Å². The van der Waals surface area contributed by atoms with Crippen molar-refractivity contribution in [1.29, 1.82) is 0 Å². The van der Waals surface area contributed by atoms with E-state index in [0.717, 1.165) is 22.6 Å². The molecular weight excluding hydrogens is 284 g/mol. The van der Waals surface area contributed by atoms with E-state index in [2.05, 4.69) is 60.7 Å². The molecule has 0 aliphatic carbocycles. The SMILES string of the molecule is c1ccc2c3c(ccc2c1)OCOc1ccc2ccccc2c1-3. The maximum atomic E-state index is 5.87. The number of hydrogen-bond acceptors (Lipinski definition) is 2. The third-order valence-electron chi connectivity index (χ3n) is 4.46. The van der Waals surface area contributed by atoms with Gasteiger partial charge >= 0.3 is 0 Å². The van der Waals surface area contributed by atoms with Crippen LogP contribution < -0.4 is 9.47 Å². The van der Waals surface area contributed by atoms with E-state index in [9.17, 15) is 0 Å². The Labute approximate surface area is 133 Å². The predicted molar refractivity (Wildman–Crippen MR) is 93.0 cm³/mol. The quantitative estimate of drug-likeness (QED) is 0.433. The zero-order valence-electron chi connectivity index (χ0n) is 12.5. The fourth-order valence-corrected chi connectivity index (χ4v) is 3.42. The average Bonchev–Trinajstić information content (AvgIpc) is 2.81. The highest BCUT2D eigenvalue weighted by atomic mass is 16.7. The zero-order valence-corrected chi connectivity index (χ0v) is 12.5. The van der Waals surface area contributed by atoms with Crippen LogP contribution in [0.2, 0.25) is 0 Å². The van der Waals surface area contributed by atoms with Crippen molar-refractivity contribution in [1.82, 2.24) is 0 Å². The van der Waals surface area contributed by atoms with E-state index in [1.165, 1.54) is 21.5 Å². The smallest absolute Gasteiger partial charge is 0.230 e. The zero-order chi connectivity index (χ0) is 15.2. The minimum Gasteiger partial charge on any atom is -0.457 e. The van der Waals surface area contributed by atoms with Gasteiger partial charge in [-0.05, 0) is 33.7 Å². The standard InChI is InChI=1S/C21H14O2/c1-3-7-16-14(5-1)9-11-18-20(16)21-17-8-4-2-6-15(17)10-12-19(21)23-13-22-18/h1-12H,13H2. The number of fused-ring (bicyclic) bond motifs is 7. The maximum Gasteiger partial charge on any atom is 0.230 e. The molecular formula is C21H14O2. The number of ether oxygens (including phenoxy) is 2. The Morgan fingerprint density at radius 3 is 1.52 bits per heavy atom. The molecule has 0 N–H and O–H groups in total. The topological polar surface area (TPSA) is 18.5 Å². The highest BCUT2D eigenvalue weighted by Gasteiger charge is 2.21. The second-order valence-electron chi connectivity index (χ2n) is 5.73. The van der Waals surface area contributed by atoms with Gasteiger partial charge in [-0.15, -0.1) is 0 Å². The highest BCUT2D eigenvalue weighted by Crippen LogP contribution is 2.46. The van der Waals surface area contributed by atoms with Gasteiger partial charge in [-0.25, -0.2) is 0 Å². The molecule has 5 rings (SSSR count). The van der Waals surface area contributed by atoms with E-state index >= 15 is 0 Å². The number of hydrogen-bond donors (Lipinski definition) is 0. The van der Waals surface area contributed by atoms with E-state index in [4.69, 9.17) is 9.47 Å². The molecule has 110 valence electrons. The molecule has 0 saturated heterocycles. The van der Waals surface area contributed by atoms with Crippen molar-refractivity contribution in [3.05, 3.63) is 72.8 Å². The molecule has 0 radical (unpaired) electrons. The molecule has 0 aromatic heterocycles. The molecule has 4 aromatic rings. The van der Waals surface area contributed by atoms with Crippen molar-refractivity contribution in [2.24, 2.45) is 0 Å². The fourth-order valence-electron chi connectivity index (χ4n) is 3.42. The Morgan fingerprint density at radius 1 is 0.522 bits per heavy atom. The van der Waals surface area contributed by atoms with Crippen LogP contribution in [0.4, 0.5) is 0 Å². The van der Waals surface area contributed by atoms with Gasteiger partial charge in [0.05, 0.1) is 0 Å². The van der Waals surface area contributed by atoms with Gasteiger partial charge in [0.25, 0.3) is 0 Å². The third kappa shape index (κ3) is 1.82. The summed E-state index contributed by atoms with van der Waals surface area (Å²) in [6, 6.07) is 25.1. The normalized spacial score (nSPS) is 12.9. The summed E-state index contributed by atoms with van der Waals surface area (Å²) in [6.07, 6.45) is 0. The first-order valence-corrected chi connectivity index (χ1v) is 7.71. The lowest BCUT2D eigenvalue weighted by Crippen LogP contribution is -2.03. The second-order valence-corrected chi connectivity index (χ2v) is 5.73. The van der Waals surface area contributed by atoms with Crippen LogP contribution in [0.5, 0.6) is 11.5 Å². The molecule has 0 amide bonds. The van der Waals surface area contributed by atoms with E-state index in [0.29, 0.717) is 0 Å². The van der Waals surface area contributed by atoms with Crippen LogP contribution in [0.15, 0.2) is 72.8 Å². The van der Waals surface area contributed by atoms with Crippen molar-refractivity contribution >= 4 is 21.5 Å². The van der Waals surface area contributed by atoms with Gasteiger partial charge in [-0.2, -0.15) is 0 Å². The number of rotatable bonds is 0. The van der Waals surface area contributed by atoms with Gasteiger partial charge in [-0.1, -0.05) is 60.7 Å². The molecule has 0 unspecified atom stereocenters. The van der Waals surface area contributed by atoms with Crippen molar-refractivity contribution in [3.63, 3.8) is 0 Å². The van der Waals surface area contributed by atoms with Crippen molar-refractivity contribution in [2.45, 2.75) is 0 Å². The van der Waals surface area contributed by atoms with E-state index in [1.54, 1.807) is 0 Å². The molecule has 1 aliphatic heterocycles. The summed E-state index contributed by atoms with van der Waals surface area (Å²) in [4.78, 5) is 0. The summed E-state index contributed by atoms with van der Waals surface area (Å²) in [6.45, 7) is 0.233. The highest BCUT2D eigenvalue weighted by molar-refractivity contribution is 6.09. The molecule has 4 aromatic carbocycles. The van der Waals surface area contributed by atoms with Gasteiger partial charge in [0.1, 0.15) is 11.5 Å². The summed E-state index contributed by atoms with van der Waals surface area (Å²) in [5, 5.41) is 4.78. The number of benzene rings is 4. The molecule has 1 aliphatic rings. The summed E-state index contributed by atoms with van der Waals surface area (Å²) < 4.78 is 11.7. The van der Waals surface area contributed by atoms with E-state index in [-0.39, 0.29) is 6.79 Å². The molecule has 1 heterocycles. The van der Waals surface area contributed by atoms with Gasteiger partial charge < -0.3 is 9.47 Å². The molecule has 0 bridgehead atoms. The van der Waals surface area contributed by atoms with Gasteiger partial charge in [0, 0.05) is 11.1 Å². The van der Waals surface area contributed by atoms with Crippen molar-refractivity contribution in [3.8, 4) is 22.6 Å². The van der Waals surface area contributed by atoms with Crippen LogP contribution in [0.25, 0.3) is 32.7 Å². The summed E-state index contributed by atoms with van der Waals surface area (Å²) in [5.74, 6) is 1.75. The minimum atomic E-state index is 0.233. The Bertz CT molecular complexity index is 965. The summed E-state index contributed by atoms with van der Waals surface area (Å²) in [5.41, 5.74) is 2.24. The lowest BCUT2D eigenvalue weighted by molar-refractivity contribution is 0.125. The van der Waals surface area contributed by atoms with Crippen LogP contribution in [-0.2, 0) is 0 Å². The lowest BCUT2D eigenvalue weighted by atomic mass is 9.92. The third-order valence-corrected chi connectivity index (χ3v) is 4.46. The van der Waals surface area contributed by atoms with Gasteiger partial charge in [0.15, 0.2) is 0 Å². The van der Waals surface area contributed by atoms with Crippen LogP contribution in [-0.4, -0.2) is 6.79 Å². The molecule has 0 saturated carbocycles. The fraction of sp³-hybridized carbons (Fsp3) is 0.0476. The molecule has 0 atom stereocenters. The van der Waals surface area contributed by atoms with Crippen molar-refractivity contribution in [2.75, 3.05) is 6.79 Å². The van der Waals surface area contributed by atoms with Crippen LogP contribution in [0.3, 0.4) is 0 Å². The van der Waals surface area contributed by atoms with Gasteiger partial charge in [-0.3, -0.25) is 0 Å². The minimum absolute atomic E-state index is 0.233. The van der Waals surface area contributed by atoms with Crippen LogP contribution in [0, 0.1) is 0 Å². The molecule has 23 heavy (non-hydrogen) atoms. The Hall–Kier alpha value is -3.00. The molecule has 0 fully saturated rings. The van der Waals surface area contributed by atoms with E-state index < -0.39 is 0 Å².